The minimum Gasteiger partial charge on any atom is -0.507 e. The molecule has 0 atom stereocenters. The standard InChI is InChI=1S/C9H8BrN3OS/c1-13-8(11-12-9(13)15)6-3-2-5(10)4-7(6)14/h2-4,14H,1H3,(H,12,15). The highest BCUT2D eigenvalue weighted by molar-refractivity contribution is 9.10. The normalized spacial score (nSPS) is 10.5. The number of phenolic OH excluding ortho intramolecular Hbond substituents is 1. The van der Waals surface area contributed by atoms with Gasteiger partial charge in [-0.2, -0.15) is 5.10 Å². The maximum Gasteiger partial charge on any atom is 0.195 e. The highest BCUT2D eigenvalue weighted by Crippen LogP contribution is 2.29. The lowest BCUT2D eigenvalue weighted by molar-refractivity contribution is 0.476. The van der Waals surface area contributed by atoms with Crippen LogP contribution >= 0.6 is 28.1 Å². The summed E-state index contributed by atoms with van der Waals surface area (Å²) in [5.74, 6) is 0.784. The second-order valence-electron chi connectivity index (χ2n) is 3.07. The Balaban J connectivity index is 2.64. The van der Waals surface area contributed by atoms with Crippen molar-refractivity contribution < 1.29 is 5.11 Å². The smallest absolute Gasteiger partial charge is 0.195 e. The number of benzene rings is 1. The van der Waals surface area contributed by atoms with Crippen LogP contribution in [0.4, 0.5) is 0 Å². The third-order valence-electron chi connectivity index (χ3n) is 2.08. The highest BCUT2D eigenvalue weighted by atomic mass is 79.9. The van der Waals surface area contributed by atoms with E-state index in [0.717, 1.165) is 4.47 Å². The van der Waals surface area contributed by atoms with E-state index in [4.69, 9.17) is 12.2 Å². The molecule has 0 saturated heterocycles. The third-order valence-corrected chi connectivity index (χ3v) is 2.94. The van der Waals surface area contributed by atoms with Crippen molar-refractivity contribution in [1.29, 1.82) is 0 Å². The Morgan fingerprint density at radius 1 is 1.53 bits per heavy atom. The molecule has 0 fully saturated rings. The van der Waals surface area contributed by atoms with Gasteiger partial charge in [-0.15, -0.1) is 0 Å². The lowest BCUT2D eigenvalue weighted by Gasteiger charge is -2.03. The van der Waals surface area contributed by atoms with Crippen LogP contribution in [0, 0.1) is 4.77 Å². The van der Waals surface area contributed by atoms with Gasteiger partial charge in [-0.25, -0.2) is 0 Å². The molecule has 2 aromatic rings. The fraction of sp³-hybridized carbons (Fsp3) is 0.111. The van der Waals surface area contributed by atoms with E-state index in [0.29, 0.717) is 16.2 Å². The van der Waals surface area contributed by atoms with Crippen molar-refractivity contribution in [2.24, 2.45) is 7.05 Å². The number of H-pyrrole nitrogens is 1. The number of aromatic amines is 1. The number of nitrogens with one attached hydrogen (secondary N) is 1. The Kier molecular flexibility index (Phi) is 2.62. The van der Waals surface area contributed by atoms with E-state index in [1.807, 2.05) is 6.07 Å². The van der Waals surface area contributed by atoms with E-state index in [-0.39, 0.29) is 5.75 Å². The Morgan fingerprint density at radius 2 is 2.27 bits per heavy atom. The number of nitrogens with zero attached hydrogens (tertiary/aromatic N) is 2. The highest BCUT2D eigenvalue weighted by Gasteiger charge is 2.10. The molecule has 0 saturated carbocycles. The number of hydrogen-bond acceptors (Lipinski definition) is 3. The van der Waals surface area contributed by atoms with E-state index < -0.39 is 0 Å². The zero-order valence-corrected chi connectivity index (χ0v) is 10.3. The Labute approximate surface area is 99.7 Å². The molecule has 2 N–H and O–H groups in total. The number of aromatic hydroxyl groups is 1. The van der Waals surface area contributed by atoms with Crippen LogP contribution < -0.4 is 0 Å². The van der Waals surface area contributed by atoms with Crippen molar-refractivity contribution in [3.63, 3.8) is 0 Å². The summed E-state index contributed by atoms with van der Waals surface area (Å²) in [5, 5.41) is 16.5. The average Bonchev–Trinajstić information content (AvgIpc) is 2.49. The molecule has 6 heteroatoms. The summed E-state index contributed by atoms with van der Waals surface area (Å²) in [6.07, 6.45) is 0. The largest absolute Gasteiger partial charge is 0.507 e. The molecule has 2 rings (SSSR count). The minimum atomic E-state index is 0.168. The zero-order valence-electron chi connectivity index (χ0n) is 7.86. The first-order chi connectivity index (χ1) is 7.09. The predicted octanol–water partition coefficient (Wildman–Crippen LogP) is 2.61. The number of phenols is 1. The minimum absolute atomic E-state index is 0.168. The molecule has 1 heterocycles. The van der Waals surface area contributed by atoms with E-state index in [1.165, 1.54) is 0 Å². The summed E-state index contributed by atoms with van der Waals surface area (Å²) in [6.45, 7) is 0. The number of halogens is 1. The molecule has 0 aliphatic heterocycles. The summed E-state index contributed by atoms with van der Waals surface area (Å²) in [7, 11) is 1.79. The molecular formula is C9H8BrN3OS. The second-order valence-corrected chi connectivity index (χ2v) is 4.38. The van der Waals surface area contributed by atoms with Crippen LogP contribution in [-0.4, -0.2) is 19.9 Å². The van der Waals surface area contributed by atoms with Gasteiger partial charge >= 0.3 is 0 Å². The predicted molar refractivity (Wildman–Crippen MR) is 63.2 cm³/mol. The molecule has 0 bridgehead atoms. The maximum absolute atomic E-state index is 9.75. The molecule has 0 radical (unpaired) electrons. The van der Waals surface area contributed by atoms with Crippen molar-refractivity contribution in [2.75, 3.05) is 0 Å². The third kappa shape index (κ3) is 1.82. The molecule has 4 nitrogen and oxygen atoms in total. The van der Waals surface area contributed by atoms with Gasteiger partial charge < -0.3 is 9.67 Å². The van der Waals surface area contributed by atoms with Crippen molar-refractivity contribution in [2.45, 2.75) is 0 Å². The number of aromatic nitrogens is 3. The molecular weight excluding hydrogens is 278 g/mol. The van der Waals surface area contributed by atoms with Gasteiger partial charge in [0, 0.05) is 11.5 Å². The molecule has 0 amide bonds. The van der Waals surface area contributed by atoms with Gasteiger partial charge in [0.2, 0.25) is 0 Å². The molecule has 78 valence electrons. The lowest BCUT2D eigenvalue weighted by atomic mass is 10.2. The topological polar surface area (TPSA) is 53.8 Å². The van der Waals surface area contributed by atoms with Crippen molar-refractivity contribution in [3.05, 3.63) is 27.4 Å². The van der Waals surface area contributed by atoms with Crippen LogP contribution in [0.2, 0.25) is 0 Å². The summed E-state index contributed by atoms with van der Waals surface area (Å²) in [6, 6.07) is 5.24. The number of rotatable bonds is 1. The SMILES string of the molecule is Cn1c(-c2ccc(Br)cc2O)n[nH]c1=S. The van der Waals surface area contributed by atoms with E-state index >= 15 is 0 Å². The molecule has 0 spiro atoms. The summed E-state index contributed by atoms with van der Waals surface area (Å²) < 4.78 is 3.05. The Hall–Kier alpha value is -1.14. The van der Waals surface area contributed by atoms with Crippen molar-refractivity contribution in [3.8, 4) is 17.1 Å². The first kappa shape index (κ1) is 10.4. The monoisotopic (exact) mass is 285 g/mol. The number of hydrogen-bond donors (Lipinski definition) is 2. The maximum atomic E-state index is 9.75. The van der Waals surface area contributed by atoms with E-state index in [9.17, 15) is 5.11 Å². The van der Waals surface area contributed by atoms with Crippen LogP contribution in [0.5, 0.6) is 5.75 Å². The first-order valence-electron chi connectivity index (χ1n) is 4.20. The summed E-state index contributed by atoms with van der Waals surface area (Å²) in [5.41, 5.74) is 0.646. The summed E-state index contributed by atoms with van der Waals surface area (Å²) in [4.78, 5) is 0. The van der Waals surface area contributed by atoms with E-state index in [1.54, 1.807) is 23.7 Å². The van der Waals surface area contributed by atoms with Gasteiger partial charge in [0.05, 0.1) is 5.56 Å². The van der Waals surface area contributed by atoms with Gasteiger partial charge in [0.25, 0.3) is 0 Å². The Morgan fingerprint density at radius 3 is 2.80 bits per heavy atom. The van der Waals surface area contributed by atoms with Crippen LogP contribution in [0.25, 0.3) is 11.4 Å². The lowest BCUT2D eigenvalue weighted by Crippen LogP contribution is -1.92. The van der Waals surface area contributed by atoms with Crippen LogP contribution in [0.1, 0.15) is 0 Å². The van der Waals surface area contributed by atoms with E-state index in [2.05, 4.69) is 26.1 Å². The van der Waals surface area contributed by atoms with Gasteiger partial charge in [-0.1, -0.05) is 15.9 Å². The summed E-state index contributed by atoms with van der Waals surface area (Å²) >= 11 is 8.27. The molecule has 15 heavy (non-hydrogen) atoms. The van der Waals surface area contributed by atoms with Crippen molar-refractivity contribution in [1.82, 2.24) is 14.8 Å². The molecule has 1 aromatic heterocycles. The van der Waals surface area contributed by atoms with Crippen LogP contribution in [0.3, 0.4) is 0 Å². The van der Waals surface area contributed by atoms with Crippen LogP contribution in [-0.2, 0) is 7.05 Å². The van der Waals surface area contributed by atoms with Gasteiger partial charge in [-0.05, 0) is 30.4 Å². The molecule has 0 unspecified atom stereocenters. The molecule has 0 aliphatic carbocycles. The zero-order chi connectivity index (χ0) is 11.0. The van der Waals surface area contributed by atoms with Gasteiger partial charge in [0.15, 0.2) is 10.6 Å². The molecule has 0 aliphatic rings. The van der Waals surface area contributed by atoms with Gasteiger partial charge in [-0.3, -0.25) is 5.10 Å². The average molecular weight is 286 g/mol. The first-order valence-corrected chi connectivity index (χ1v) is 5.40. The Bertz CT molecular complexity index is 561. The fourth-order valence-electron chi connectivity index (χ4n) is 1.28. The molecule has 1 aromatic carbocycles. The van der Waals surface area contributed by atoms with Gasteiger partial charge in [0.1, 0.15) is 5.75 Å². The second kappa shape index (κ2) is 3.79. The van der Waals surface area contributed by atoms with Crippen LogP contribution in [0.15, 0.2) is 22.7 Å². The quantitative estimate of drug-likeness (QED) is 0.792. The van der Waals surface area contributed by atoms with Crippen molar-refractivity contribution >= 4 is 28.1 Å². The fourth-order valence-corrected chi connectivity index (χ4v) is 1.76.